The zero-order valence-electron chi connectivity index (χ0n) is 16.0. The van der Waals surface area contributed by atoms with E-state index in [1.54, 1.807) is 4.90 Å². The van der Waals surface area contributed by atoms with Gasteiger partial charge in [0.1, 0.15) is 6.26 Å². The Morgan fingerprint density at radius 3 is 2.48 bits per heavy atom. The van der Waals surface area contributed by atoms with Crippen molar-refractivity contribution in [3.8, 4) is 0 Å². The lowest BCUT2D eigenvalue weighted by molar-refractivity contribution is -0.132. The zero-order chi connectivity index (χ0) is 18.5. The maximum atomic E-state index is 12.3. The summed E-state index contributed by atoms with van der Waals surface area (Å²) in [5, 5.41) is 2.84. The van der Waals surface area contributed by atoms with Crippen LogP contribution in [0.15, 0.2) is 10.7 Å². The van der Waals surface area contributed by atoms with Crippen LogP contribution in [0.5, 0.6) is 0 Å². The molecule has 142 valence electrons. The second-order valence-corrected chi connectivity index (χ2v) is 6.36. The van der Waals surface area contributed by atoms with Crippen molar-refractivity contribution in [2.45, 2.75) is 78.7 Å². The molecule has 1 N–H and O–H groups in total. The van der Waals surface area contributed by atoms with Crippen molar-refractivity contribution in [1.29, 1.82) is 0 Å². The Kier molecular flexibility index (Phi) is 10.6. The first-order valence-corrected chi connectivity index (χ1v) is 9.62. The molecule has 2 amide bonds. The van der Waals surface area contributed by atoms with E-state index in [2.05, 4.69) is 24.1 Å². The number of hydrogen-bond donors (Lipinski definition) is 1. The molecule has 0 aliphatic carbocycles. The second-order valence-electron chi connectivity index (χ2n) is 6.36. The fourth-order valence-corrected chi connectivity index (χ4v) is 2.54. The first-order chi connectivity index (χ1) is 12.1. The van der Waals surface area contributed by atoms with Crippen molar-refractivity contribution in [1.82, 2.24) is 15.2 Å². The van der Waals surface area contributed by atoms with E-state index < -0.39 is 0 Å². The number of carbonyl (C=O) groups excluding carboxylic acids is 2. The van der Waals surface area contributed by atoms with Gasteiger partial charge in [-0.05, 0) is 19.3 Å². The highest BCUT2D eigenvalue weighted by molar-refractivity contribution is 5.91. The van der Waals surface area contributed by atoms with Crippen molar-refractivity contribution in [3.63, 3.8) is 0 Å². The van der Waals surface area contributed by atoms with Crippen molar-refractivity contribution in [2.75, 3.05) is 13.1 Å². The number of rotatable bonds is 13. The van der Waals surface area contributed by atoms with E-state index in [1.165, 1.54) is 6.26 Å². The molecule has 6 heteroatoms. The van der Waals surface area contributed by atoms with E-state index in [0.29, 0.717) is 31.9 Å². The lowest BCUT2D eigenvalue weighted by atomic mass is 10.2. The molecule has 6 nitrogen and oxygen atoms in total. The van der Waals surface area contributed by atoms with Crippen molar-refractivity contribution >= 4 is 11.8 Å². The Balaban J connectivity index is 2.58. The van der Waals surface area contributed by atoms with Gasteiger partial charge in [0.05, 0.1) is 6.54 Å². The van der Waals surface area contributed by atoms with Crippen LogP contribution < -0.4 is 5.32 Å². The van der Waals surface area contributed by atoms with Crippen LogP contribution in [0.1, 0.15) is 88.5 Å². The van der Waals surface area contributed by atoms with Gasteiger partial charge in [0.2, 0.25) is 11.8 Å². The van der Waals surface area contributed by atoms with E-state index in [1.807, 2.05) is 6.92 Å². The van der Waals surface area contributed by atoms with Crippen LogP contribution in [0, 0.1) is 0 Å². The van der Waals surface area contributed by atoms with E-state index >= 15 is 0 Å². The number of amides is 2. The van der Waals surface area contributed by atoms with Crippen molar-refractivity contribution in [3.05, 3.63) is 17.8 Å². The Morgan fingerprint density at radius 2 is 1.80 bits per heavy atom. The third kappa shape index (κ3) is 8.18. The fourth-order valence-electron chi connectivity index (χ4n) is 2.54. The second kappa shape index (κ2) is 12.5. The molecule has 0 fully saturated rings. The van der Waals surface area contributed by atoms with Gasteiger partial charge >= 0.3 is 0 Å². The summed E-state index contributed by atoms with van der Waals surface area (Å²) < 4.78 is 5.41. The first kappa shape index (κ1) is 21.2. The molecule has 0 bridgehead atoms. The number of aromatic nitrogens is 1. The molecule has 0 unspecified atom stereocenters. The molecule has 0 saturated heterocycles. The maximum Gasteiger partial charge on any atom is 0.273 e. The molecule has 0 aromatic carbocycles. The summed E-state index contributed by atoms with van der Waals surface area (Å²) in [6, 6.07) is 0. The summed E-state index contributed by atoms with van der Waals surface area (Å²) in [6.07, 6.45) is 9.06. The lowest BCUT2D eigenvalue weighted by Crippen LogP contribution is -2.31. The van der Waals surface area contributed by atoms with Gasteiger partial charge in [0.25, 0.3) is 5.91 Å². The van der Waals surface area contributed by atoms with Crippen LogP contribution in [0.25, 0.3) is 0 Å². The minimum absolute atomic E-state index is 0.113. The summed E-state index contributed by atoms with van der Waals surface area (Å²) in [6.45, 7) is 7.93. The highest BCUT2D eigenvalue weighted by Crippen LogP contribution is 2.10. The van der Waals surface area contributed by atoms with Crippen LogP contribution >= 0.6 is 0 Å². The highest BCUT2D eigenvalue weighted by atomic mass is 16.3. The zero-order valence-corrected chi connectivity index (χ0v) is 16.0. The monoisotopic (exact) mass is 351 g/mol. The molecule has 0 atom stereocenters. The summed E-state index contributed by atoms with van der Waals surface area (Å²) >= 11 is 0. The molecule has 0 radical (unpaired) electrons. The van der Waals surface area contributed by atoms with E-state index in [9.17, 15) is 9.59 Å². The van der Waals surface area contributed by atoms with Gasteiger partial charge in [-0.25, -0.2) is 4.98 Å². The third-order valence-corrected chi connectivity index (χ3v) is 4.02. The molecule has 0 aliphatic rings. The predicted molar refractivity (Wildman–Crippen MR) is 98.2 cm³/mol. The van der Waals surface area contributed by atoms with Gasteiger partial charge in [0, 0.05) is 19.5 Å². The van der Waals surface area contributed by atoms with Gasteiger partial charge in [-0.3, -0.25) is 9.59 Å². The topological polar surface area (TPSA) is 75.4 Å². The van der Waals surface area contributed by atoms with Crippen LogP contribution in [0.2, 0.25) is 0 Å². The summed E-state index contributed by atoms with van der Waals surface area (Å²) in [4.78, 5) is 30.3. The molecule has 25 heavy (non-hydrogen) atoms. The highest BCUT2D eigenvalue weighted by Gasteiger charge is 2.17. The Hall–Kier alpha value is -1.85. The molecule has 1 aromatic heterocycles. The normalized spacial score (nSPS) is 10.7. The first-order valence-electron chi connectivity index (χ1n) is 9.62. The van der Waals surface area contributed by atoms with Crippen molar-refractivity contribution < 1.29 is 14.0 Å². The number of hydrogen-bond acceptors (Lipinski definition) is 4. The summed E-state index contributed by atoms with van der Waals surface area (Å²) in [5.41, 5.74) is 0.281. The molecule has 0 aliphatic heterocycles. The molecular formula is C19H33N3O3. The van der Waals surface area contributed by atoms with E-state index in [0.717, 1.165) is 44.9 Å². The minimum Gasteiger partial charge on any atom is -0.446 e. The average Bonchev–Trinajstić information content (AvgIpc) is 3.07. The number of oxazole rings is 1. The van der Waals surface area contributed by atoms with Crippen LogP contribution in [-0.4, -0.2) is 34.8 Å². The Bertz CT molecular complexity index is 514. The largest absolute Gasteiger partial charge is 0.446 e. The summed E-state index contributed by atoms with van der Waals surface area (Å²) in [5.74, 6) is 0.311. The minimum atomic E-state index is -0.219. The number of nitrogens with zero attached hydrogens (tertiary/aromatic N) is 2. The van der Waals surface area contributed by atoms with Gasteiger partial charge < -0.3 is 14.6 Å². The lowest BCUT2D eigenvalue weighted by Gasteiger charge is -2.20. The van der Waals surface area contributed by atoms with Gasteiger partial charge in [-0.15, -0.1) is 0 Å². The van der Waals surface area contributed by atoms with E-state index in [4.69, 9.17) is 4.42 Å². The molecule has 0 saturated carbocycles. The van der Waals surface area contributed by atoms with Gasteiger partial charge in [-0.2, -0.15) is 0 Å². The number of carbonyl (C=O) groups is 2. The molecule has 1 heterocycles. The average molecular weight is 351 g/mol. The standard InChI is InChI=1S/C19H33N3O3/c1-4-7-9-12-20-19(24)16-15-25-17(21-16)14-22(13-10-8-5-2)18(23)11-6-3/h15H,4-14H2,1-3H3,(H,20,24). The molecule has 1 aromatic rings. The van der Waals surface area contributed by atoms with Gasteiger partial charge in [0.15, 0.2) is 5.69 Å². The van der Waals surface area contributed by atoms with Crippen molar-refractivity contribution in [2.24, 2.45) is 0 Å². The Morgan fingerprint density at radius 1 is 1.08 bits per heavy atom. The van der Waals surface area contributed by atoms with Gasteiger partial charge in [-0.1, -0.05) is 46.5 Å². The quantitative estimate of drug-likeness (QED) is 0.547. The van der Waals surface area contributed by atoms with Crippen LogP contribution in [0.3, 0.4) is 0 Å². The maximum absolute atomic E-state index is 12.3. The smallest absolute Gasteiger partial charge is 0.273 e. The fraction of sp³-hybridized carbons (Fsp3) is 0.737. The molecular weight excluding hydrogens is 318 g/mol. The Labute approximate surface area is 151 Å². The SMILES string of the molecule is CCCCCNC(=O)c1coc(CN(CCCCC)C(=O)CCC)n1. The molecule has 0 spiro atoms. The number of unbranched alkanes of at least 4 members (excludes halogenated alkanes) is 4. The van der Waals surface area contributed by atoms with E-state index in [-0.39, 0.29) is 17.5 Å². The molecule has 1 rings (SSSR count). The summed E-state index contributed by atoms with van der Waals surface area (Å²) in [7, 11) is 0. The predicted octanol–water partition coefficient (Wildman–Crippen LogP) is 3.91. The third-order valence-electron chi connectivity index (χ3n) is 4.02. The van der Waals surface area contributed by atoms with Crippen LogP contribution in [-0.2, 0) is 11.3 Å². The number of nitrogens with one attached hydrogen (secondary N) is 1. The van der Waals surface area contributed by atoms with Crippen LogP contribution in [0.4, 0.5) is 0 Å².